The Morgan fingerprint density at radius 2 is 1.91 bits per heavy atom. The number of carbonyl (C=O) groups is 1. The van der Waals surface area contributed by atoms with E-state index in [2.05, 4.69) is 18.0 Å². The number of rotatable bonds is 0. The highest BCUT2D eigenvalue weighted by atomic mass is 35.5. The van der Waals surface area contributed by atoms with Crippen LogP contribution in [0.1, 0.15) is 39.2 Å². The second-order valence-electron chi connectivity index (χ2n) is 6.35. The first-order valence-electron chi connectivity index (χ1n) is 7.94. The maximum absolute atomic E-state index is 12.6. The molecule has 1 aliphatic carbocycles. The fourth-order valence-corrected chi connectivity index (χ4v) is 4.59. The molecule has 1 aliphatic heterocycles. The second-order valence-corrected chi connectivity index (χ2v) is 7.70. The Hall–Kier alpha value is -1.42. The number of benzene rings is 1. The van der Waals surface area contributed by atoms with Crippen LogP contribution in [0.4, 0.5) is 0 Å². The van der Waals surface area contributed by atoms with Crippen LogP contribution in [0.5, 0.6) is 0 Å². The van der Waals surface area contributed by atoms with E-state index in [1.807, 2.05) is 23.6 Å². The summed E-state index contributed by atoms with van der Waals surface area (Å²) in [5.41, 5.74) is 6.09. The zero-order valence-corrected chi connectivity index (χ0v) is 14.6. The fourth-order valence-electron chi connectivity index (χ4n) is 3.58. The number of halogens is 1. The van der Waals surface area contributed by atoms with Crippen molar-refractivity contribution in [3.05, 3.63) is 61.8 Å². The molecule has 0 radical (unpaired) electrons. The summed E-state index contributed by atoms with van der Waals surface area (Å²) in [5.74, 6) is 0.224. The van der Waals surface area contributed by atoms with Gasteiger partial charge in [0.1, 0.15) is 0 Å². The van der Waals surface area contributed by atoms with Crippen molar-refractivity contribution in [3.8, 4) is 0 Å². The van der Waals surface area contributed by atoms with Crippen molar-refractivity contribution in [2.75, 3.05) is 20.1 Å². The minimum Gasteiger partial charge on any atom is -0.306 e. The van der Waals surface area contributed by atoms with Crippen LogP contribution >= 0.6 is 22.9 Å². The van der Waals surface area contributed by atoms with E-state index in [1.54, 1.807) is 11.3 Å². The van der Waals surface area contributed by atoms with E-state index in [9.17, 15) is 4.79 Å². The van der Waals surface area contributed by atoms with Crippen molar-refractivity contribution in [2.45, 2.75) is 19.3 Å². The Morgan fingerprint density at radius 1 is 1.13 bits per heavy atom. The first-order chi connectivity index (χ1) is 11.1. The summed E-state index contributed by atoms with van der Waals surface area (Å²) >= 11 is 7.84. The molecule has 1 fully saturated rings. The zero-order chi connectivity index (χ0) is 16.0. The average Bonchev–Trinajstić information content (AvgIpc) is 2.97. The van der Waals surface area contributed by atoms with Gasteiger partial charge in [0.25, 0.3) is 0 Å². The van der Waals surface area contributed by atoms with Crippen LogP contribution in [-0.2, 0) is 6.42 Å². The van der Waals surface area contributed by atoms with Crippen LogP contribution in [-0.4, -0.2) is 30.8 Å². The lowest BCUT2D eigenvalue weighted by molar-refractivity contribution is 0.0997. The van der Waals surface area contributed by atoms with Gasteiger partial charge in [0, 0.05) is 30.1 Å². The third-order valence-corrected chi connectivity index (χ3v) is 6.01. The number of nitrogens with zero attached hydrogens (tertiary/aromatic N) is 1. The normalized spacial score (nSPS) is 18.6. The highest BCUT2D eigenvalue weighted by molar-refractivity contribution is 7.12. The quantitative estimate of drug-likeness (QED) is 0.693. The summed E-state index contributed by atoms with van der Waals surface area (Å²) in [6, 6.07) is 8.05. The van der Waals surface area contributed by atoms with E-state index in [0.29, 0.717) is 6.42 Å². The Bertz CT molecular complexity index is 811. The van der Waals surface area contributed by atoms with Gasteiger partial charge in [-0.3, -0.25) is 4.79 Å². The molecule has 0 N–H and O–H groups in total. The van der Waals surface area contributed by atoms with E-state index in [-0.39, 0.29) is 5.78 Å². The predicted octanol–water partition coefficient (Wildman–Crippen LogP) is 4.67. The molecule has 0 saturated carbocycles. The van der Waals surface area contributed by atoms with Crippen LogP contribution in [0.15, 0.2) is 35.2 Å². The van der Waals surface area contributed by atoms with E-state index < -0.39 is 0 Å². The molecule has 4 rings (SSSR count). The van der Waals surface area contributed by atoms with Gasteiger partial charge in [0.2, 0.25) is 0 Å². The number of likely N-dealkylation sites (tertiary alicyclic amines) is 1. The van der Waals surface area contributed by atoms with Crippen LogP contribution in [0.3, 0.4) is 0 Å². The van der Waals surface area contributed by atoms with Gasteiger partial charge in [-0.25, -0.2) is 0 Å². The Balaban J connectivity index is 1.98. The predicted molar refractivity (Wildman–Crippen MR) is 96.6 cm³/mol. The Kier molecular flexibility index (Phi) is 3.88. The molecule has 2 nitrogen and oxygen atoms in total. The summed E-state index contributed by atoms with van der Waals surface area (Å²) < 4.78 is 0. The van der Waals surface area contributed by atoms with Gasteiger partial charge in [0.05, 0.1) is 4.88 Å². The number of ketones is 1. The van der Waals surface area contributed by atoms with Gasteiger partial charge in [0.15, 0.2) is 5.78 Å². The van der Waals surface area contributed by atoms with Crippen LogP contribution in [0.25, 0.3) is 5.57 Å². The lowest BCUT2D eigenvalue weighted by atomic mass is 9.88. The molecule has 0 atom stereocenters. The SMILES string of the molecule is CN1CCC(=C2c3cc(Cl)ccc3CC(=O)c3sccc32)CC1. The van der Waals surface area contributed by atoms with Crippen molar-refractivity contribution in [2.24, 2.45) is 0 Å². The molecular formula is C19H18ClNOS. The minimum absolute atomic E-state index is 0.224. The molecule has 1 aromatic heterocycles. The van der Waals surface area contributed by atoms with Crippen LogP contribution in [0, 0.1) is 0 Å². The number of Topliss-reactive ketones (excluding diaryl/α,β-unsaturated/α-hetero) is 1. The van der Waals surface area contributed by atoms with Crippen molar-refractivity contribution in [1.82, 2.24) is 4.90 Å². The molecule has 2 aromatic rings. The maximum atomic E-state index is 12.6. The van der Waals surface area contributed by atoms with Gasteiger partial charge in [-0.05, 0) is 60.2 Å². The van der Waals surface area contributed by atoms with Crippen LogP contribution < -0.4 is 0 Å². The molecule has 0 amide bonds. The number of piperidine rings is 1. The lowest BCUT2D eigenvalue weighted by Crippen LogP contribution is -2.27. The summed E-state index contributed by atoms with van der Waals surface area (Å²) in [6.07, 6.45) is 2.58. The summed E-state index contributed by atoms with van der Waals surface area (Å²) in [4.78, 5) is 15.9. The number of fused-ring (bicyclic) bond motifs is 2. The van der Waals surface area contributed by atoms with Crippen molar-refractivity contribution >= 4 is 34.3 Å². The van der Waals surface area contributed by atoms with Crippen molar-refractivity contribution in [1.29, 1.82) is 0 Å². The minimum atomic E-state index is 0.224. The van der Waals surface area contributed by atoms with Gasteiger partial charge >= 0.3 is 0 Å². The smallest absolute Gasteiger partial charge is 0.177 e. The first kappa shape index (κ1) is 15.1. The number of carbonyl (C=O) groups excluding carboxylic acids is 1. The molecule has 23 heavy (non-hydrogen) atoms. The van der Waals surface area contributed by atoms with Gasteiger partial charge < -0.3 is 4.90 Å². The Morgan fingerprint density at radius 3 is 2.70 bits per heavy atom. The molecule has 0 unspecified atom stereocenters. The third kappa shape index (κ3) is 2.67. The monoisotopic (exact) mass is 343 g/mol. The second kappa shape index (κ2) is 5.90. The van der Waals surface area contributed by atoms with E-state index in [1.165, 1.54) is 11.1 Å². The molecule has 2 heterocycles. The van der Waals surface area contributed by atoms with E-state index in [0.717, 1.165) is 52.5 Å². The highest BCUT2D eigenvalue weighted by Crippen LogP contribution is 2.41. The van der Waals surface area contributed by atoms with E-state index in [4.69, 9.17) is 11.6 Å². The van der Waals surface area contributed by atoms with Gasteiger partial charge in [-0.2, -0.15) is 0 Å². The summed E-state index contributed by atoms with van der Waals surface area (Å²) in [6.45, 7) is 2.14. The molecule has 4 heteroatoms. The third-order valence-electron chi connectivity index (χ3n) is 4.82. The van der Waals surface area contributed by atoms with Gasteiger partial charge in [-0.1, -0.05) is 23.2 Å². The molecule has 118 valence electrons. The number of hydrogen-bond donors (Lipinski definition) is 0. The topological polar surface area (TPSA) is 20.3 Å². The van der Waals surface area contributed by atoms with Crippen molar-refractivity contribution < 1.29 is 4.79 Å². The summed E-state index contributed by atoms with van der Waals surface area (Å²) in [5, 5.41) is 2.77. The molecule has 2 aliphatic rings. The largest absolute Gasteiger partial charge is 0.306 e. The number of hydrogen-bond acceptors (Lipinski definition) is 3. The van der Waals surface area contributed by atoms with Gasteiger partial charge in [-0.15, -0.1) is 11.3 Å². The van der Waals surface area contributed by atoms with Crippen molar-refractivity contribution in [3.63, 3.8) is 0 Å². The molecule has 0 bridgehead atoms. The standard InChI is InChI=1S/C19H18ClNOS/c1-21-7-4-12(5-8-21)18-15-6-9-23-19(15)17(22)10-13-2-3-14(20)11-16(13)18/h2-3,6,9,11H,4-5,7-8,10H2,1H3. The lowest BCUT2D eigenvalue weighted by Gasteiger charge is -2.27. The molecular weight excluding hydrogens is 326 g/mol. The first-order valence-corrected chi connectivity index (χ1v) is 9.19. The molecule has 1 aromatic carbocycles. The highest BCUT2D eigenvalue weighted by Gasteiger charge is 2.27. The zero-order valence-electron chi connectivity index (χ0n) is 13.1. The van der Waals surface area contributed by atoms with Crippen LogP contribution in [0.2, 0.25) is 5.02 Å². The fraction of sp³-hybridized carbons (Fsp3) is 0.316. The Labute approximate surface area is 145 Å². The molecule has 0 spiro atoms. The average molecular weight is 344 g/mol. The van der Waals surface area contributed by atoms with E-state index >= 15 is 0 Å². The number of thiophene rings is 1. The summed E-state index contributed by atoms with van der Waals surface area (Å²) in [7, 11) is 2.17. The molecule has 1 saturated heterocycles. The maximum Gasteiger partial charge on any atom is 0.177 e.